The Balaban J connectivity index is 1.68. The molecule has 0 aliphatic carbocycles. The Morgan fingerprint density at radius 2 is 1.84 bits per heavy atom. The van der Waals surface area contributed by atoms with E-state index in [1.165, 1.54) is 12.3 Å². The molecule has 0 bridgehead atoms. The highest BCUT2D eigenvalue weighted by atomic mass is 19.3. The van der Waals surface area contributed by atoms with E-state index < -0.39 is 12.0 Å². The summed E-state index contributed by atoms with van der Waals surface area (Å²) in [5.74, 6) is 2.01. The molecule has 0 radical (unpaired) electrons. The zero-order valence-corrected chi connectivity index (χ0v) is 22.1. The number of rotatable bonds is 8. The highest BCUT2D eigenvalue weighted by Crippen LogP contribution is 2.34. The van der Waals surface area contributed by atoms with E-state index >= 15 is 0 Å². The molecular weight excluding hydrogens is 492 g/mol. The average Bonchev–Trinajstić information content (AvgIpc) is 3.23. The summed E-state index contributed by atoms with van der Waals surface area (Å²) in [6.07, 6.45) is 3.07. The van der Waals surface area contributed by atoms with Crippen molar-refractivity contribution < 1.29 is 18.3 Å². The number of nitrogens with zero attached hydrogens (tertiary/aromatic N) is 6. The van der Waals surface area contributed by atoms with Gasteiger partial charge in [0.25, 0.3) is 0 Å². The summed E-state index contributed by atoms with van der Waals surface area (Å²) in [5.41, 5.74) is 1.77. The van der Waals surface area contributed by atoms with Crippen molar-refractivity contribution in [3.05, 3.63) is 54.2 Å². The Morgan fingerprint density at radius 3 is 2.53 bits per heavy atom. The minimum atomic E-state index is -3.02. The first kappa shape index (κ1) is 26.7. The summed E-state index contributed by atoms with van der Waals surface area (Å²) >= 11 is 0. The smallest absolute Gasteiger partial charge is 0.388 e. The fraction of sp³-hybridized carbons (Fsp3) is 0.370. The Kier molecular flexibility index (Phi) is 7.18. The van der Waals surface area contributed by atoms with Gasteiger partial charge in [0.05, 0.1) is 23.2 Å². The molecule has 0 unspecified atom stereocenters. The van der Waals surface area contributed by atoms with Gasteiger partial charge < -0.3 is 14.8 Å². The van der Waals surface area contributed by atoms with Crippen molar-refractivity contribution in [1.29, 1.82) is 5.26 Å². The fourth-order valence-corrected chi connectivity index (χ4v) is 3.53. The normalized spacial score (nSPS) is 12.0. The summed E-state index contributed by atoms with van der Waals surface area (Å²) in [7, 11) is 0. The van der Waals surface area contributed by atoms with E-state index in [1.54, 1.807) is 30.6 Å². The molecule has 0 saturated carbocycles. The number of ether oxygens (including phenoxy) is 2. The number of alkyl halides is 2. The van der Waals surface area contributed by atoms with Gasteiger partial charge in [0.2, 0.25) is 5.88 Å². The minimum Gasteiger partial charge on any atom is -0.490 e. The van der Waals surface area contributed by atoms with Gasteiger partial charge in [-0.1, -0.05) is 20.8 Å². The lowest BCUT2D eigenvalue weighted by Crippen LogP contribution is -2.19. The maximum absolute atomic E-state index is 12.9. The van der Waals surface area contributed by atoms with Crippen LogP contribution in [0.15, 0.2) is 42.7 Å². The van der Waals surface area contributed by atoms with Crippen LogP contribution in [0.25, 0.3) is 16.6 Å². The van der Waals surface area contributed by atoms with Crippen molar-refractivity contribution in [2.45, 2.75) is 53.6 Å². The van der Waals surface area contributed by atoms with Crippen LogP contribution in [0.2, 0.25) is 0 Å². The topological polar surface area (TPSA) is 110 Å². The molecule has 4 heterocycles. The SMILES string of the molecule is Cc1cc(Nc2cc3cc(-c4cc(OC(F)F)ncc4OCC(C)(C)C#N)ccn3n2)nc(C(C)(C)C)n1. The van der Waals surface area contributed by atoms with E-state index in [1.807, 2.05) is 45.9 Å². The molecule has 0 saturated heterocycles. The van der Waals surface area contributed by atoms with Crippen LogP contribution in [-0.4, -0.2) is 37.8 Å². The third-order valence-electron chi connectivity index (χ3n) is 5.50. The molecule has 1 N–H and O–H groups in total. The number of pyridine rings is 2. The lowest BCUT2D eigenvalue weighted by Gasteiger charge is -2.18. The van der Waals surface area contributed by atoms with Gasteiger partial charge >= 0.3 is 6.61 Å². The van der Waals surface area contributed by atoms with Gasteiger partial charge in [-0.3, -0.25) is 0 Å². The van der Waals surface area contributed by atoms with Crippen LogP contribution in [0.4, 0.5) is 20.4 Å². The summed E-state index contributed by atoms with van der Waals surface area (Å²) in [4.78, 5) is 13.1. The molecule has 4 rings (SSSR count). The Morgan fingerprint density at radius 1 is 1.08 bits per heavy atom. The molecule has 0 atom stereocenters. The van der Waals surface area contributed by atoms with Gasteiger partial charge in [-0.2, -0.15) is 19.1 Å². The second-order valence-corrected chi connectivity index (χ2v) is 10.6. The molecule has 4 aromatic rings. The van der Waals surface area contributed by atoms with Crippen LogP contribution in [-0.2, 0) is 5.41 Å². The summed E-state index contributed by atoms with van der Waals surface area (Å²) in [6, 6.07) is 10.9. The average molecular weight is 522 g/mol. The van der Waals surface area contributed by atoms with Crippen LogP contribution in [0.5, 0.6) is 11.6 Å². The number of aryl methyl sites for hydroxylation is 1. The minimum absolute atomic E-state index is 0.0884. The Hall–Kier alpha value is -4.33. The number of halogens is 2. The monoisotopic (exact) mass is 521 g/mol. The predicted molar refractivity (Wildman–Crippen MR) is 139 cm³/mol. The molecular formula is C27H29F2N7O2. The van der Waals surface area contributed by atoms with Crippen LogP contribution in [0, 0.1) is 23.7 Å². The third kappa shape index (κ3) is 6.32. The molecule has 0 aliphatic heterocycles. The first-order chi connectivity index (χ1) is 17.8. The molecule has 38 heavy (non-hydrogen) atoms. The molecule has 198 valence electrons. The molecule has 0 spiro atoms. The lowest BCUT2D eigenvalue weighted by atomic mass is 9.95. The molecule has 0 aliphatic rings. The van der Waals surface area contributed by atoms with Crippen molar-refractivity contribution >= 4 is 17.2 Å². The third-order valence-corrected chi connectivity index (χ3v) is 5.50. The first-order valence-corrected chi connectivity index (χ1v) is 11.9. The summed E-state index contributed by atoms with van der Waals surface area (Å²) < 4.78 is 37.8. The number of nitrogens with one attached hydrogen (secondary N) is 1. The van der Waals surface area contributed by atoms with Gasteiger partial charge in [0.15, 0.2) is 5.82 Å². The van der Waals surface area contributed by atoms with Crippen LogP contribution < -0.4 is 14.8 Å². The molecule has 0 fully saturated rings. The van der Waals surface area contributed by atoms with E-state index in [-0.39, 0.29) is 17.9 Å². The quantitative estimate of drug-likeness (QED) is 0.298. The van der Waals surface area contributed by atoms with Gasteiger partial charge in [0, 0.05) is 41.1 Å². The summed E-state index contributed by atoms with van der Waals surface area (Å²) in [6.45, 7) is 8.61. The van der Waals surface area contributed by atoms with Crippen molar-refractivity contribution in [2.24, 2.45) is 5.41 Å². The van der Waals surface area contributed by atoms with E-state index in [0.29, 0.717) is 28.5 Å². The van der Waals surface area contributed by atoms with Crippen molar-refractivity contribution in [3.8, 4) is 28.8 Å². The summed E-state index contributed by atoms with van der Waals surface area (Å²) in [5, 5.41) is 17.1. The van der Waals surface area contributed by atoms with E-state index in [4.69, 9.17) is 4.74 Å². The standard InChI is InChI=1S/C27H29F2N7O2/c1-16-9-21(34-24(32-16)26(2,3)4)33-22-11-18-10-17(7-8-36(18)35-22)19-12-23(38-25(28)29)31-13-20(19)37-15-27(5,6)14-30/h7-13,25H,15H2,1-6H3,(H,32,33,34,35). The second kappa shape index (κ2) is 10.2. The van der Waals surface area contributed by atoms with Crippen LogP contribution in [0.1, 0.15) is 46.1 Å². The van der Waals surface area contributed by atoms with Gasteiger partial charge in [-0.15, -0.1) is 0 Å². The zero-order valence-electron chi connectivity index (χ0n) is 22.1. The van der Waals surface area contributed by atoms with Crippen LogP contribution in [0.3, 0.4) is 0 Å². The maximum atomic E-state index is 12.9. The molecule has 4 aromatic heterocycles. The molecule has 0 aromatic carbocycles. The molecule has 9 nitrogen and oxygen atoms in total. The van der Waals surface area contributed by atoms with Crippen LogP contribution >= 0.6 is 0 Å². The lowest BCUT2D eigenvalue weighted by molar-refractivity contribution is -0.0528. The Labute approximate surface area is 219 Å². The van der Waals surface area contributed by atoms with Gasteiger partial charge in [-0.05, 0) is 38.5 Å². The number of hydrogen-bond acceptors (Lipinski definition) is 8. The first-order valence-electron chi connectivity index (χ1n) is 11.9. The van der Waals surface area contributed by atoms with Crippen molar-refractivity contribution in [3.63, 3.8) is 0 Å². The number of anilines is 2. The zero-order chi connectivity index (χ0) is 27.7. The largest absolute Gasteiger partial charge is 0.490 e. The predicted octanol–water partition coefficient (Wildman–Crippen LogP) is 6.07. The second-order valence-electron chi connectivity index (χ2n) is 10.6. The number of fused-ring (bicyclic) bond motifs is 1. The van der Waals surface area contributed by atoms with Crippen molar-refractivity contribution in [2.75, 3.05) is 11.9 Å². The highest BCUT2D eigenvalue weighted by molar-refractivity contribution is 5.75. The number of nitriles is 1. The van der Waals surface area contributed by atoms with E-state index in [0.717, 1.165) is 17.0 Å². The molecule has 11 heteroatoms. The van der Waals surface area contributed by atoms with Gasteiger partial charge in [-0.25, -0.2) is 19.5 Å². The Bertz CT molecular complexity index is 1500. The van der Waals surface area contributed by atoms with E-state index in [2.05, 4.69) is 36.2 Å². The highest BCUT2D eigenvalue weighted by Gasteiger charge is 2.21. The number of aromatic nitrogens is 5. The number of hydrogen-bond donors (Lipinski definition) is 1. The van der Waals surface area contributed by atoms with E-state index in [9.17, 15) is 14.0 Å². The molecule has 0 amide bonds. The fourth-order valence-electron chi connectivity index (χ4n) is 3.53. The van der Waals surface area contributed by atoms with Gasteiger partial charge in [0.1, 0.15) is 24.0 Å². The maximum Gasteiger partial charge on any atom is 0.388 e. The van der Waals surface area contributed by atoms with Crippen molar-refractivity contribution in [1.82, 2.24) is 24.6 Å².